The fraction of sp³-hybridized carbons (Fsp3) is 0.696. The smallest absolute Gasteiger partial charge is 0.254 e. The summed E-state index contributed by atoms with van der Waals surface area (Å²) in [5, 5.41) is 9.64. The van der Waals surface area contributed by atoms with E-state index in [0.717, 1.165) is 29.9 Å². The molecule has 3 heteroatoms. The molecule has 1 heterocycles. The Morgan fingerprint density at radius 3 is 2.46 bits per heavy atom. The van der Waals surface area contributed by atoms with Crippen molar-refractivity contribution in [3.63, 3.8) is 0 Å². The van der Waals surface area contributed by atoms with E-state index in [1.807, 2.05) is 11.0 Å². The summed E-state index contributed by atoms with van der Waals surface area (Å²) in [5.41, 5.74) is 1.76. The largest absolute Gasteiger partial charge is 0.508 e. The van der Waals surface area contributed by atoms with Crippen LogP contribution < -0.4 is 0 Å². The maximum atomic E-state index is 12.6. The van der Waals surface area contributed by atoms with Crippen LogP contribution in [0.4, 0.5) is 0 Å². The minimum Gasteiger partial charge on any atom is -0.508 e. The number of hydrogen-bond donors (Lipinski definition) is 1. The Kier molecular flexibility index (Phi) is 5.24. The lowest BCUT2D eigenvalue weighted by Gasteiger charge is -2.38. The molecule has 1 unspecified atom stereocenters. The molecule has 26 heavy (non-hydrogen) atoms. The molecule has 3 aliphatic rings. The van der Waals surface area contributed by atoms with Crippen molar-refractivity contribution in [2.24, 2.45) is 23.7 Å². The van der Waals surface area contributed by atoms with E-state index < -0.39 is 0 Å². The third-order valence-electron chi connectivity index (χ3n) is 7.48. The van der Waals surface area contributed by atoms with Crippen LogP contribution >= 0.6 is 0 Å². The lowest BCUT2D eigenvalue weighted by atomic mass is 9.69. The van der Waals surface area contributed by atoms with E-state index in [1.54, 1.807) is 12.1 Å². The number of rotatable bonds is 4. The first kappa shape index (κ1) is 17.9. The maximum absolute atomic E-state index is 12.6. The Morgan fingerprint density at radius 2 is 1.73 bits per heavy atom. The molecular formula is C23H33NO2. The Morgan fingerprint density at radius 1 is 1.04 bits per heavy atom. The van der Waals surface area contributed by atoms with Gasteiger partial charge < -0.3 is 10.0 Å². The number of aromatic hydroxyl groups is 1. The first-order chi connectivity index (χ1) is 12.6. The molecule has 0 spiro atoms. The molecule has 2 aliphatic carbocycles. The van der Waals surface area contributed by atoms with Gasteiger partial charge in [-0.1, -0.05) is 45.1 Å². The van der Waals surface area contributed by atoms with Crippen LogP contribution in [-0.2, 0) is 6.54 Å². The standard InChI is InChI=1S/C23H33NO2/c1-16(18-5-3-2-4-6-18)19-9-7-17(8-10-19)14-24-15-20-11-12-21(25)13-22(20)23(24)26/h11-13,16-19,25H,2-10,14-15H2,1H3. The zero-order chi connectivity index (χ0) is 18.1. The zero-order valence-electron chi connectivity index (χ0n) is 16.1. The normalized spacial score (nSPS) is 28.2. The number of benzene rings is 1. The van der Waals surface area contributed by atoms with Gasteiger partial charge in [0.15, 0.2) is 0 Å². The summed E-state index contributed by atoms with van der Waals surface area (Å²) in [6.45, 7) is 4.11. The number of phenols is 1. The first-order valence-corrected chi connectivity index (χ1v) is 10.7. The van der Waals surface area contributed by atoms with Crippen molar-refractivity contribution < 1.29 is 9.90 Å². The van der Waals surface area contributed by atoms with Gasteiger partial charge in [0.05, 0.1) is 0 Å². The van der Waals surface area contributed by atoms with Gasteiger partial charge in [0.25, 0.3) is 5.91 Å². The fourth-order valence-corrected chi connectivity index (χ4v) is 5.75. The van der Waals surface area contributed by atoms with Crippen LogP contribution in [-0.4, -0.2) is 22.5 Å². The van der Waals surface area contributed by atoms with Gasteiger partial charge in [0.2, 0.25) is 0 Å². The van der Waals surface area contributed by atoms with Crippen LogP contribution in [0.1, 0.15) is 80.6 Å². The lowest BCUT2D eigenvalue weighted by molar-refractivity contribution is 0.0707. The molecule has 0 aromatic heterocycles. The molecular weight excluding hydrogens is 322 g/mol. The lowest BCUT2D eigenvalue weighted by Crippen LogP contribution is -2.33. The average Bonchev–Trinajstić information content (AvgIpc) is 2.98. The summed E-state index contributed by atoms with van der Waals surface area (Å²) in [4.78, 5) is 14.6. The maximum Gasteiger partial charge on any atom is 0.254 e. The molecule has 1 aliphatic heterocycles. The van der Waals surface area contributed by atoms with Gasteiger partial charge in [0.1, 0.15) is 5.75 Å². The molecule has 4 rings (SSSR count). The van der Waals surface area contributed by atoms with Gasteiger partial charge >= 0.3 is 0 Å². The van der Waals surface area contributed by atoms with Crippen molar-refractivity contribution in [2.45, 2.75) is 71.3 Å². The molecule has 142 valence electrons. The third-order valence-corrected chi connectivity index (χ3v) is 7.48. The molecule has 1 atom stereocenters. The fourth-order valence-electron chi connectivity index (χ4n) is 5.75. The molecule has 2 saturated carbocycles. The molecule has 0 radical (unpaired) electrons. The summed E-state index contributed by atoms with van der Waals surface area (Å²) < 4.78 is 0. The molecule has 1 aromatic carbocycles. The van der Waals surface area contributed by atoms with Gasteiger partial charge in [-0.25, -0.2) is 0 Å². The number of phenolic OH excluding ortho intramolecular Hbond substituents is 1. The van der Waals surface area contributed by atoms with Crippen LogP contribution in [0, 0.1) is 23.7 Å². The summed E-state index contributed by atoms with van der Waals surface area (Å²) in [5.74, 6) is 3.70. The van der Waals surface area contributed by atoms with E-state index in [2.05, 4.69) is 6.92 Å². The molecule has 0 bridgehead atoms. The highest BCUT2D eigenvalue weighted by Crippen LogP contribution is 2.41. The SMILES string of the molecule is CC(C1CCCCC1)C1CCC(CN2Cc3ccc(O)cc3C2=O)CC1. The van der Waals surface area contributed by atoms with Gasteiger partial charge in [-0.15, -0.1) is 0 Å². The second kappa shape index (κ2) is 7.62. The summed E-state index contributed by atoms with van der Waals surface area (Å²) in [6, 6.07) is 5.21. The summed E-state index contributed by atoms with van der Waals surface area (Å²) in [7, 11) is 0. The highest BCUT2D eigenvalue weighted by Gasteiger charge is 2.33. The van der Waals surface area contributed by atoms with Crippen molar-refractivity contribution in [1.82, 2.24) is 4.90 Å². The van der Waals surface area contributed by atoms with E-state index in [-0.39, 0.29) is 11.7 Å². The van der Waals surface area contributed by atoms with Crippen molar-refractivity contribution in [3.05, 3.63) is 29.3 Å². The Bertz CT molecular complexity index is 642. The predicted molar refractivity (Wildman–Crippen MR) is 104 cm³/mol. The summed E-state index contributed by atoms with van der Waals surface area (Å²) in [6.07, 6.45) is 12.5. The number of fused-ring (bicyclic) bond motifs is 1. The molecule has 3 nitrogen and oxygen atoms in total. The molecule has 1 amide bonds. The van der Waals surface area contributed by atoms with E-state index in [0.29, 0.717) is 18.0 Å². The molecule has 0 saturated heterocycles. The Hall–Kier alpha value is -1.51. The van der Waals surface area contributed by atoms with Crippen LogP contribution in [0.5, 0.6) is 5.75 Å². The van der Waals surface area contributed by atoms with E-state index >= 15 is 0 Å². The average molecular weight is 356 g/mol. The third kappa shape index (κ3) is 3.63. The zero-order valence-corrected chi connectivity index (χ0v) is 16.1. The number of carbonyl (C=O) groups excluding carboxylic acids is 1. The van der Waals surface area contributed by atoms with Crippen molar-refractivity contribution in [1.29, 1.82) is 0 Å². The second-order valence-corrected chi connectivity index (χ2v) is 9.07. The minimum atomic E-state index is 0.105. The topological polar surface area (TPSA) is 40.5 Å². The van der Waals surface area contributed by atoms with E-state index in [4.69, 9.17) is 0 Å². The van der Waals surface area contributed by atoms with E-state index in [9.17, 15) is 9.90 Å². The Labute approximate surface area is 157 Å². The minimum absolute atomic E-state index is 0.105. The van der Waals surface area contributed by atoms with Gasteiger partial charge in [-0.2, -0.15) is 0 Å². The van der Waals surface area contributed by atoms with Crippen LogP contribution in [0.25, 0.3) is 0 Å². The highest BCUT2D eigenvalue weighted by atomic mass is 16.3. The second-order valence-electron chi connectivity index (χ2n) is 9.07. The molecule has 1 N–H and O–H groups in total. The number of amides is 1. The van der Waals surface area contributed by atoms with E-state index in [1.165, 1.54) is 57.8 Å². The van der Waals surface area contributed by atoms with Gasteiger partial charge in [-0.3, -0.25) is 4.79 Å². The summed E-state index contributed by atoms with van der Waals surface area (Å²) >= 11 is 0. The molecule has 1 aromatic rings. The van der Waals surface area contributed by atoms with Crippen molar-refractivity contribution in [2.75, 3.05) is 6.54 Å². The predicted octanol–water partition coefficient (Wildman–Crippen LogP) is 5.37. The van der Waals surface area contributed by atoms with Crippen molar-refractivity contribution in [3.8, 4) is 5.75 Å². The number of hydrogen-bond acceptors (Lipinski definition) is 2. The highest BCUT2D eigenvalue weighted by molar-refractivity contribution is 5.98. The first-order valence-electron chi connectivity index (χ1n) is 10.7. The Balaban J connectivity index is 1.29. The van der Waals surface area contributed by atoms with Gasteiger partial charge in [-0.05, 0) is 67.1 Å². The number of carbonyl (C=O) groups is 1. The van der Waals surface area contributed by atoms with Gasteiger partial charge in [0, 0.05) is 18.7 Å². The quantitative estimate of drug-likeness (QED) is 0.788. The van der Waals surface area contributed by atoms with Crippen LogP contribution in [0.3, 0.4) is 0 Å². The van der Waals surface area contributed by atoms with Crippen LogP contribution in [0.2, 0.25) is 0 Å². The van der Waals surface area contributed by atoms with Crippen molar-refractivity contribution >= 4 is 5.91 Å². The van der Waals surface area contributed by atoms with Crippen LogP contribution in [0.15, 0.2) is 18.2 Å². The number of nitrogens with zero attached hydrogens (tertiary/aromatic N) is 1. The monoisotopic (exact) mass is 355 g/mol. The molecule has 2 fully saturated rings.